The molecule has 5 rings (SSSR count). The van der Waals surface area contributed by atoms with E-state index in [1.807, 2.05) is 26.0 Å². The third kappa shape index (κ3) is 14.2. The average molecular weight is 981 g/mol. The molecule has 0 spiro atoms. The van der Waals surface area contributed by atoms with Gasteiger partial charge in [0.25, 0.3) is 11.7 Å². The van der Waals surface area contributed by atoms with Gasteiger partial charge in [0, 0.05) is 57.7 Å². The zero-order valence-electron chi connectivity index (χ0n) is 42.1. The van der Waals surface area contributed by atoms with Crippen LogP contribution >= 0.6 is 0 Å². The van der Waals surface area contributed by atoms with Crippen LogP contribution < -0.4 is 5.32 Å². The van der Waals surface area contributed by atoms with Crippen LogP contribution in [-0.2, 0) is 58.8 Å². The number of ketones is 2. The van der Waals surface area contributed by atoms with Gasteiger partial charge < -0.3 is 48.6 Å². The number of cyclic esters (lactones) is 1. The number of aliphatic hydroxyl groups is 2. The molecule has 17 heteroatoms. The van der Waals surface area contributed by atoms with E-state index in [9.17, 15) is 39.0 Å². The number of aliphatic carboxylic acids is 1. The van der Waals surface area contributed by atoms with Crippen molar-refractivity contribution in [3.05, 3.63) is 65.8 Å². The second kappa shape index (κ2) is 25.6. The summed E-state index contributed by atoms with van der Waals surface area (Å²) in [5, 5.41) is 35.8. The van der Waals surface area contributed by atoms with Gasteiger partial charge in [-0.15, -0.1) is 6.58 Å². The molecule has 1 aliphatic carbocycles. The highest BCUT2D eigenvalue weighted by Gasteiger charge is 2.56. The fraction of sp³-hybridized carbons (Fsp3) is 0.660. The number of aliphatic hydroxyl groups excluding tert-OH is 1. The number of amides is 2. The number of fused-ring (bicyclic) bond motifs is 3. The number of methoxy groups -OCH3 is 3. The summed E-state index contributed by atoms with van der Waals surface area (Å²) in [7, 11) is 4.55. The highest BCUT2D eigenvalue weighted by molar-refractivity contribution is 6.39. The molecule has 0 aromatic heterocycles. The first-order chi connectivity index (χ1) is 33.2. The Morgan fingerprint density at radius 1 is 0.914 bits per heavy atom. The van der Waals surface area contributed by atoms with Crippen molar-refractivity contribution in [2.24, 2.45) is 29.6 Å². The average Bonchev–Trinajstić information content (AvgIpc) is 3.32. The first-order valence-corrected chi connectivity index (χ1v) is 24.7. The van der Waals surface area contributed by atoms with Crippen LogP contribution in [0.3, 0.4) is 0 Å². The number of allylic oxidation sites excluding steroid dienone is 4. The summed E-state index contributed by atoms with van der Waals surface area (Å²) >= 11 is 0. The summed E-state index contributed by atoms with van der Waals surface area (Å²) < 4.78 is 36.0. The highest BCUT2D eigenvalue weighted by Crippen LogP contribution is 2.39. The molecule has 3 heterocycles. The summed E-state index contributed by atoms with van der Waals surface area (Å²) in [4.78, 5) is 82.6. The minimum absolute atomic E-state index is 0.0248. The zero-order valence-corrected chi connectivity index (χ0v) is 42.1. The van der Waals surface area contributed by atoms with E-state index < -0.39 is 102 Å². The lowest BCUT2D eigenvalue weighted by Gasteiger charge is -2.47. The predicted molar refractivity (Wildman–Crippen MR) is 258 cm³/mol. The number of carboxylic acids is 1. The van der Waals surface area contributed by atoms with Crippen molar-refractivity contribution in [3.8, 4) is 0 Å². The van der Waals surface area contributed by atoms with E-state index in [0.717, 1.165) is 10.5 Å². The predicted octanol–water partition coefficient (Wildman–Crippen LogP) is 6.52. The first kappa shape index (κ1) is 56.1. The molecular weight excluding hydrogens is 905 g/mol. The van der Waals surface area contributed by atoms with E-state index in [1.165, 1.54) is 21.3 Å². The fourth-order valence-corrected chi connectivity index (χ4v) is 10.7. The number of carbonyl (C=O) groups is 6. The van der Waals surface area contributed by atoms with Crippen LogP contribution in [0.15, 0.2) is 60.2 Å². The second-order valence-corrected chi connectivity index (χ2v) is 20.0. The topological polar surface area (TPSA) is 234 Å². The van der Waals surface area contributed by atoms with Gasteiger partial charge in [0.1, 0.15) is 30.1 Å². The number of piperidine rings is 1. The minimum atomic E-state index is -2.55. The van der Waals surface area contributed by atoms with E-state index >= 15 is 0 Å². The lowest BCUT2D eigenvalue weighted by Crippen LogP contribution is -2.64. The quantitative estimate of drug-likeness (QED) is 0.105. The van der Waals surface area contributed by atoms with Crippen molar-refractivity contribution in [1.29, 1.82) is 0 Å². The number of nitrogens with zero attached hydrogens (tertiary/aromatic N) is 1. The molecule has 1 aromatic rings. The number of hydrogen-bond acceptors (Lipinski definition) is 14. The van der Waals surface area contributed by atoms with Crippen molar-refractivity contribution < 1.29 is 72.5 Å². The zero-order chi connectivity index (χ0) is 51.4. The number of ether oxygens (including phenoxy) is 6. The lowest BCUT2D eigenvalue weighted by atomic mass is 9.81. The monoisotopic (exact) mass is 981 g/mol. The van der Waals surface area contributed by atoms with Gasteiger partial charge in [0.15, 0.2) is 0 Å². The van der Waals surface area contributed by atoms with E-state index in [1.54, 1.807) is 51.1 Å². The number of esters is 1. The summed E-state index contributed by atoms with van der Waals surface area (Å²) in [5.41, 5.74) is 2.52. The lowest BCUT2D eigenvalue weighted by molar-refractivity contribution is -0.302. The van der Waals surface area contributed by atoms with Gasteiger partial charge in [0.05, 0.1) is 30.8 Å². The second-order valence-electron chi connectivity index (χ2n) is 20.0. The molecule has 2 saturated heterocycles. The largest absolute Gasteiger partial charge is 0.481 e. The van der Waals surface area contributed by atoms with E-state index in [-0.39, 0.29) is 49.8 Å². The smallest absolute Gasteiger partial charge is 0.411 e. The molecule has 2 amide bonds. The molecule has 70 heavy (non-hydrogen) atoms. The molecule has 0 unspecified atom stereocenters. The maximum absolute atomic E-state index is 14.6. The Hall–Kier alpha value is -4.78. The van der Waals surface area contributed by atoms with Gasteiger partial charge in [-0.2, -0.15) is 0 Å². The Morgan fingerprint density at radius 3 is 2.23 bits per heavy atom. The van der Waals surface area contributed by atoms with Crippen LogP contribution in [0.25, 0.3) is 0 Å². The number of Topliss-reactive ketones (excluding diaryl/α,β-unsaturated/α-hetero) is 2. The summed E-state index contributed by atoms with van der Waals surface area (Å²) in [6.45, 7) is 13.0. The Kier molecular flexibility index (Phi) is 20.5. The number of hydrogen-bond donors (Lipinski definition) is 4. The molecular formula is C53H76N2O15. The van der Waals surface area contributed by atoms with E-state index in [4.69, 9.17) is 33.5 Å². The molecule has 4 N–H and O–H groups in total. The van der Waals surface area contributed by atoms with Crippen LogP contribution in [0, 0.1) is 29.6 Å². The number of rotatable bonds is 11. The van der Waals surface area contributed by atoms with Crippen molar-refractivity contribution in [1.82, 2.24) is 4.90 Å². The minimum Gasteiger partial charge on any atom is -0.481 e. The van der Waals surface area contributed by atoms with Gasteiger partial charge in [-0.3, -0.25) is 24.5 Å². The Bertz CT molecular complexity index is 2070. The van der Waals surface area contributed by atoms with E-state index in [0.29, 0.717) is 68.2 Å². The van der Waals surface area contributed by atoms with Crippen molar-refractivity contribution in [2.75, 3.05) is 33.2 Å². The number of nitrogens with one attached hydrogen (secondary N) is 1. The standard InChI is InChI=1S/C53H76N2O15/c1-10-13-37-23-30(2)22-31(3)24-44(66-8)48-45(67-9)26-33(5)53(64,70-48)49(60)50(61)55-21-12-11-14-39(55)51(62)69-47(34(6)40(56)29-41(37)57)32(4)25-36-17-20-42(43(27-36)65-7)68-52(63)54-38-18-15-35(16-19-38)28-46(58)59/h10,15-16,18-19,23,25,31,33-34,36-37,39-40,42-45,47-48,56,64H,1,11-14,17,20-22,24,26-29H2,2-9H3,(H,54,63)(H,58,59)/b30-23+,32-25+/t31-,33+,34+,36-,37+,39-,40-,42+,43+,44-,45-,47+,48+,53+/m0/s1. The normalized spacial score (nSPS) is 35.3. The number of carbonyl (C=O) groups excluding carboxylic acids is 5. The van der Waals surface area contributed by atoms with Gasteiger partial charge in [-0.05, 0) is 113 Å². The molecule has 1 saturated carbocycles. The molecule has 1 aromatic carbocycles. The van der Waals surface area contributed by atoms with E-state index in [2.05, 4.69) is 11.9 Å². The first-order valence-electron chi connectivity index (χ1n) is 24.7. The van der Waals surface area contributed by atoms with Crippen molar-refractivity contribution in [3.63, 3.8) is 0 Å². The molecule has 0 radical (unpaired) electrons. The third-order valence-corrected chi connectivity index (χ3v) is 14.7. The van der Waals surface area contributed by atoms with Gasteiger partial charge >= 0.3 is 18.0 Å². The van der Waals surface area contributed by atoms with Crippen molar-refractivity contribution >= 4 is 41.2 Å². The number of carboxylic acid groups (broad SMARTS) is 1. The number of benzene rings is 1. The molecule has 2 bridgehead atoms. The third-order valence-electron chi connectivity index (χ3n) is 14.7. The highest BCUT2D eigenvalue weighted by atomic mass is 16.7. The van der Waals surface area contributed by atoms with Crippen molar-refractivity contribution in [2.45, 2.75) is 166 Å². The summed E-state index contributed by atoms with van der Waals surface area (Å²) in [6, 6.07) is 5.20. The van der Waals surface area contributed by atoms with Crippen LogP contribution in [0.4, 0.5) is 10.5 Å². The Morgan fingerprint density at radius 2 is 1.59 bits per heavy atom. The van der Waals surface area contributed by atoms with Gasteiger partial charge in [0.2, 0.25) is 5.79 Å². The van der Waals surface area contributed by atoms with Crippen LogP contribution in [0.1, 0.15) is 111 Å². The Balaban J connectivity index is 1.44. The molecule has 14 atom stereocenters. The molecule has 388 valence electrons. The van der Waals surface area contributed by atoms with Crippen LogP contribution in [0.2, 0.25) is 0 Å². The van der Waals surface area contributed by atoms with Crippen LogP contribution in [-0.4, -0.2) is 138 Å². The van der Waals surface area contributed by atoms with Crippen LogP contribution in [0.5, 0.6) is 0 Å². The summed E-state index contributed by atoms with van der Waals surface area (Å²) in [5.74, 6) is -9.28. The summed E-state index contributed by atoms with van der Waals surface area (Å²) in [6.07, 6.45) is 2.91. The van der Waals surface area contributed by atoms with Gasteiger partial charge in [-0.1, -0.05) is 56.7 Å². The molecule has 3 aliphatic heterocycles. The maximum Gasteiger partial charge on any atom is 0.411 e. The number of anilines is 1. The molecule has 17 nitrogen and oxygen atoms in total. The maximum atomic E-state index is 14.6. The SMILES string of the molecule is C=CC[C@@H]1/C=C(\C)C[C@H](C)C[C@H](OC)[C@H]2O[C@@](O)(C(=O)C(=O)N3CCCC[C@H]3C(=O)O[C@H](/C(C)=C/[C@@H]3CC[C@@H](OC(=O)Nc4ccc(CC(=O)O)cc4)[C@H](OC)C3)[C@H](C)[C@@H](O)CC1=O)[C@H](C)C[C@@H]2OC. The fourth-order valence-electron chi connectivity index (χ4n) is 10.7. The van der Waals surface area contributed by atoms with Gasteiger partial charge in [-0.25, -0.2) is 9.59 Å². The molecule has 4 aliphatic rings. The molecule has 3 fully saturated rings. The Labute approximate surface area is 412 Å².